The molecular weight excluding hydrogens is 1000 g/mol. The van der Waals surface area contributed by atoms with Crippen LogP contribution in [0.2, 0.25) is 0 Å². The van der Waals surface area contributed by atoms with Gasteiger partial charge < -0.3 is 74.3 Å². The Hall–Kier alpha value is -8.55. The molecular formula is C52H68N12O13. The summed E-state index contributed by atoms with van der Waals surface area (Å²) in [6.07, 6.45) is 0.200. The van der Waals surface area contributed by atoms with E-state index in [1.54, 1.807) is 105 Å². The third-order valence-electron chi connectivity index (χ3n) is 11.9. The number of aliphatic hydroxyl groups is 2. The van der Waals surface area contributed by atoms with Crippen LogP contribution in [0.25, 0.3) is 0 Å². The highest BCUT2D eigenvalue weighted by molar-refractivity contribution is 5.98. The van der Waals surface area contributed by atoms with Crippen molar-refractivity contribution in [2.45, 2.75) is 114 Å². The van der Waals surface area contributed by atoms with Crippen LogP contribution in [-0.2, 0) is 73.6 Å². The lowest BCUT2D eigenvalue weighted by atomic mass is 10.00. The Balaban J connectivity index is 1.46. The van der Waals surface area contributed by atoms with Crippen molar-refractivity contribution >= 4 is 59.1 Å². The second kappa shape index (κ2) is 30.7. The van der Waals surface area contributed by atoms with Crippen LogP contribution in [0.5, 0.6) is 0 Å². The number of benzene rings is 3. The van der Waals surface area contributed by atoms with Gasteiger partial charge in [0, 0.05) is 37.6 Å². The van der Waals surface area contributed by atoms with Crippen molar-refractivity contribution in [3.05, 3.63) is 126 Å². The molecule has 25 heteroatoms. The molecule has 3 aromatic carbocycles. The molecule has 1 heterocycles. The number of imidazole rings is 1. The van der Waals surface area contributed by atoms with Gasteiger partial charge in [0.25, 0.3) is 0 Å². The van der Waals surface area contributed by atoms with Gasteiger partial charge in [-0.25, -0.2) is 9.78 Å². The molecule has 0 spiro atoms. The van der Waals surface area contributed by atoms with E-state index in [-0.39, 0.29) is 38.5 Å². The molecule has 414 valence electrons. The number of carboxylic acids is 1. The van der Waals surface area contributed by atoms with Crippen molar-refractivity contribution in [3.8, 4) is 0 Å². The largest absolute Gasteiger partial charge is 0.480 e. The van der Waals surface area contributed by atoms with Crippen molar-refractivity contribution in [2.75, 3.05) is 13.2 Å². The maximum atomic E-state index is 14.3. The van der Waals surface area contributed by atoms with Crippen LogP contribution < -0.4 is 54.0 Å². The number of H-pyrrole nitrogens is 1. The monoisotopic (exact) mass is 1070 g/mol. The van der Waals surface area contributed by atoms with E-state index in [0.29, 0.717) is 16.8 Å². The number of nitrogens with one attached hydrogen (secondary N) is 9. The molecule has 25 nitrogen and oxygen atoms in total. The summed E-state index contributed by atoms with van der Waals surface area (Å²) in [4.78, 5) is 140. The zero-order valence-corrected chi connectivity index (χ0v) is 42.8. The summed E-state index contributed by atoms with van der Waals surface area (Å²) >= 11 is 0. The quantitative estimate of drug-likeness (QED) is 0.0237. The first-order valence-electron chi connectivity index (χ1n) is 24.7. The number of hydrogen-bond donors (Lipinski definition) is 14. The Labute approximate surface area is 443 Å². The highest BCUT2D eigenvalue weighted by atomic mass is 16.4. The Morgan fingerprint density at radius 1 is 0.558 bits per heavy atom. The Morgan fingerprint density at radius 2 is 1.03 bits per heavy atom. The molecule has 4 rings (SSSR count). The number of nitrogens with two attached hydrogens (primary N) is 2. The molecule has 1 aromatic heterocycles. The van der Waals surface area contributed by atoms with Crippen molar-refractivity contribution in [1.82, 2.24) is 52.5 Å². The lowest BCUT2D eigenvalue weighted by molar-refractivity contribution is -0.142. The van der Waals surface area contributed by atoms with E-state index in [2.05, 4.69) is 52.5 Å². The lowest BCUT2D eigenvalue weighted by Crippen LogP contribution is -2.62. The topological polar surface area (TPSA) is 408 Å². The molecule has 0 aliphatic carbocycles. The van der Waals surface area contributed by atoms with Crippen LogP contribution in [0.3, 0.4) is 0 Å². The molecule has 0 aliphatic rings. The number of hydrogen-bond acceptors (Lipinski definition) is 14. The molecule has 9 amide bonds. The molecule has 0 saturated carbocycles. The van der Waals surface area contributed by atoms with Crippen LogP contribution in [0, 0.1) is 5.92 Å². The summed E-state index contributed by atoms with van der Waals surface area (Å²) in [7, 11) is 0. The SMILES string of the molecule is CC(C)[C@H](NC(=O)[C@@H](NC(=O)[C@@H](N)Cc1ccccc1)[C@@H](C)O)C(=O)N[C@@H](Cc1cnc[nH]1)C(=O)N[C@@H](Cc1ccccc1)C(=O)N[C@@H](CO)C(=O)NCC(=O)N[C@@H](CCC(N)=O)C(=O)N[C@@H](Cc1ccccc1)C(=O)O. The average Bonchev–Trinajstić information content (AvgIpc) is 3.92. The minimum atomic E-state index is -1.72. The van der Waals surface area contributed by atoms with Crippen LogP contribution >= 0.6 is 0 Å². The van der Waals surface area contributed by atoms with Gasteiger partial charge in [0.15, 0.2) is 0 Å². The first-order chi connectivity index (χ1) is 36.6. The Morgan fingerprint density at radius 3 is 1.52 bits per heavy atom. The fraction of sp³-hybridized carbons (Fsp3) is 0.404. The van der Waals surface area contributed by atoms with Gasteiger partial charge in [-0.3, -0.25) is 43.2 Å². The summed E-state index contributed by atoms with van der Waals surface area (Å²) in [5.41, 5.74) is 13.7. The standard InChI is InChI=1S/C52H68N12O13/c1-29(2)43(63-51(75)44(30(3)66)64-45(69)35(53)21-31-13-7-4-8-14-31)50(74)60-38(24-34-25-55-28-57-34)49(73)59-37(22-32-15-9-5-10-16-32)48(72)62-40(27-65)46(70)56-26-42(68)58-36(19-20-41(54)67)47(71)61-39(52(76)77)23-33-17-11-6-12-18-33/h4-18,25,28-30,35-40,43-44,65-66H,19-24,26-27,53H2,1-3H3,(H2,54,67)(H,55,57)(H,56,70)(H,58,68)(H,59,73)(H,60,74)(H,61,71)(H,62,72)(H,63,75)(H,64,69)(H,76,77)/t30-,35+,36+,37+,38+,39+,40+,43+,44+/m1/s1. The predicted octanol–water partition coefficient (Wildman–Crippen LogP) is -3.10. The number of amides is 9. The summed E-state index contributed by atoms with van der Waals surface area (Å²) in [5, 5.41) is 50.2. The zero-order valence-electron chi connectivity index (χ0n) is 42.8. The highest BCUT2D eigenvalue weighted by Gasteiger charge is 2.36. The maximum absolute atomic E-state index is 14.3. The van der Waals surface area contributed by atoms with Crippen LogP contribution in [-0.4, -0.2) is 152 Å². The number of aliphatic hydroxyl groups excluding tert-OH is 2. The summed E-state index contributed by atoms with van der Waals surface area (Å²) in [6, 6.07) is 14.1. The Bertz CT molecular complexity index is 2610. The number of carboxylic acid groups (broad SMARTS) is 1. The highest BCUT2D eigenvalue weighted by Crippen LogP contribution is 2.11. The predicted molar refractivity (Wildman–Crippen MR) is 277 cm³/mol. The third-order valence-corrected chi connectivity index (χ3v) is 11.9. The van der Waals surface area contributed by atoms with Gasteiger partial charge in [-0.1, -0.05) is 105 Å². The number of carbonyl (C=O) groups excluding carboxylic acids is 9. The van der Waals surface area contributed by atoms with Gasteiger partial charge in [0.2, 0.25) is 53.2 Å². The minimum absolute atomic E-state index is 0.107. The molecule has 0 saturated heterocycles. The van der Waals surface area contributed by atoms with Gasteiger partial charge >= 0.3 is 5.97 Å². The summed E-state index contributed by atoms with van der Waals surface area (Å²) in [5.74, 6) is -10.2. The molecule has 0 aliphatic heterocycles. The van der Waals surface area contributed by atoms with Gasteiger partial charge in [-0.15, -0.1) is 0 Å². The normalized spacial score (nSPS) is 14.5. The number of aromatic nitrogens is 2. The van der Waals surface area contributed by atoms with Crippen molar-refractivity contribution in [1.29, 1.82) is 0 Å². The van der Waals surface area contributed by atoms with Crippen LogP contribution in [0.4, 0.5) is 0 Å². The number of rotatable bonds is 31. The van der Waals surface area contributed by atoms with E-state index >= 15 is 0 Å². The molecule has 16 N–H and O–H groups in total. The second-order valence-corrected chi connectivity index (χ2v) is 18.5. The van der Waals surface area contributed by atoms with Gasteiger partial charge in [0.1, 0.15) is 42.3 Å². The lowest BCUT2D eigenvalue weighted by Gasteiger charge is -2.29. The number of aliphatic carboxylic acids is 1. The van der Waals surface area contributed by atoms with Crippen molar-refractivity contribution in [3.63, 3.8) is 0 Å². The van der Waals surface area contributed by atoms with Crippen molar-refractivity contribution < 1.29 is 63.3 Å². The van der Waals surface area contributed by atoms with Crippen molar-refractivity contribution in [2.24, 2.45) is 17.4 Å². The number of aromatic amines is 1. The molecule has 0 fully saturated rings. The minimum Gasteiger partial charge on any atom is -0.480 e. The molecule has 9 atom stereocenters. The maximum Gasteiger partial charge on any atom is 0.326 e. The first-order valence-corrected chi connectivity index (χ1v) is 24.7. The van der Waals surface area contributed by atoms with E-state index < -0.39 is 133 Å². The van der Waals surface area contributed by atoms with Crippen LogP contribution in [0.1, 0.15) is 56.0 Å². The fourth-order valence-corrected chi connectivity index (χ4v) is 7.70. The molecule has 0 radical (unpaired) electrons. The number of carbonyl (C=O) groups is 10. The van der Waals surface area contributed by atoms with Crippen LogP contribution in [0.15, 0.2) is 104 Å². The number of nitrogens with zero attached hydrogens (tertiary/aromatic N) is 1. The smallest absolute Gasteiger partial charge is 0.326 e. The van der Waals surface area contributed by atoms with Gasteiger partial charge in [0.05, 0.1) is 31.6 Å². The van der Waals surface area contributed by atoms with Gasteiger partial charge in [-0.05, 0) is 42.4 Å². The summed E-state index contributed by atoms with van der Waals surface area (Å²) < 4.78 is 0. The molecule has 4 aromatic rings. The van der Waals surface area contributed by atoms with Gasteiger partial charge in [-0.2, -0.15) is 0 Å². The van der Waals surface area contributed by atoms with E-state index in [1.165, 1.54) is 19.4 Å². The molecule has 77 heavy (non-hydrogen) atoms. The molecule has 0 unspecified atom stereocenters. The summed E-state index contributed by atoms with van der Waals surface area (Å²) in [6.45, 7) is 2.65. The van der Waals surface area contributed by atoms with E-state index in [1.807, 2.05) is 0 Å². The second-order valence-electron chi connectivity index (χ2n) is 18.5. The molecule has 0 bridgehead atoms. The average molecular weight is 1070 g/mol. The first kappa shape index (κ1) is 61.0. The number of primary amides is 1. The van der Waals surface area contributed by atoms with E-state index in [4.69, 9.17) is 11.5 Å². The Kier molecular flexibility index (Phi) is 24.3. The van der Waals surface area contributed by atoms with E-state index in [0.717, 1.165) is 5.56 Å². The zero-order chi connectivity index (χ0) is 56.6. The van der Waals surface area contributed by atoms with E-state index in [9.17, 15) is 63.3 Å². The third kappa shape index (κ3) is 20.6. The fourth-order valence-electron chi connectivity index (χ4n) is 7.70.